The number of halogens is 3. The van der Waals surface area contributed by atoms with Crippen molar-refractivity contribution in [3.8, 4) is 11.5 Å². The van der Waals surface area contributed by atoms with Gasteiger partial charge in [-0.25, -0.2) is 0 Å². The lowest BCUT2D eigenvalue weighted by atomic mass is 9.91. The van der Waals surface area contributed by atoms with Gasteiger partial charge in [0, 0.05) is 6.42 Å². The fourth-order valence-corrected chi connectivity index (χ4v) is 4.80. The highest BCUT2D eigenvalue weighted by atomic mass is 19.4. The SMILES string of the molecule is CC.CC.CCC(F)(F)F.Cc1cc(C(C)C)ccc1Cc1cc(C(C)C)ccc1C.Cc1ccc(C)c(Oc2ccc(C(C)C)cc2C)c1. The molecule has 0 saturated carbocycles. The third-order valence-electron chi connectivity index (χ3n) is 8.28. The molecule has 0 atom stereocenters. The largest absolute Gasteiger partial charge is 0.457 e. The molecule has 0 saturated heterocycles. The van der Waals surface area contributed by atoms with Gasteiger partial charge in [-0.2, -0.15) is 13.2 Å². The molecular formula is C46H67F3O. The van der Waals surface area contributed by atoms with E-state index < -0.39 is 12.6 Å². The zero-order valence-corrected chi connectivity index (χ0v) is 34.1. The number of alkyl halides is 3. The van der Waals surface area contributed by atoms with Crippen molar-refractivity contribution in [2.75, 3.05) is 0 Å². The van der Waals surface area contributed by atoms with Crippen molar-refractivity contribution in [1.29, 1.82) is 0 Å². The molecule has 0 aromatic heterocycles. The van der Waals surface area contributed by atoms with Crippen LogP contribution in [-0.2, 0) is 6.42 Å². The monoisotopic (exact) mass is 693 g/mol. The van der Waals surface area contributed by atoms with Gasteiger partial charge in [0.1, 0.15) is 11.5 Å². The first-order chi connectivity index (χ1) is 23.4. The summed E-state index contributed by atoms with van der Waals surface area (Å²) in [6.07, 6.45) is -3.65. The smallest absolute Gasteiger partial charge is 0.388 e. The van der Waals surface area contributed by atoms with Crippen LogP contribution in [0.25, 0.3) is 0 Å². The molecule has 4 aromatic carbocycles. The summed E-state index contributed by atoms with van der Waals surface area (Å²) in [6, 6.07) is 26.6. The molecule has 50 heavy (non-hydrogen) atoms. The average Bonchev–Trinajstić information content (AvgIpc) is 3.07. The summed E-state index contributed by atoms with van der Waals surface area (Å²) in [5.41, 5.74) is 13.5. The van der Waals surface area contributed by atoms with Crippen molar-refractivity contribution in [2.24, 2.45) is 0 Å². The van der Waals surface area contributed by atoms with E-state index in [1.807, 2.05) is 27.7 Å². The number of benzene rings is 4. The minimum absolute atomic E-state index is 0.549. The normalized spacial score (nSPS) is 10.6. The number of hydrogen-bond acceptors (Lipinski definition) is 1. The standard InChI is InChI=1S/C21H28.C18H22O.C3H5F3.2C2H6/c1-14(2)18-9-10-20(17(6)11-18)13-21-12-19(15(3)4)8-7-16(21)5;1-12(2)16-8-9-17(15(5)11-16)19-18-10-13(3)6-7-14(18)4;1-2-3(4,5)6;2*1-2/h7-12,14-15H,13H2,1-6H3;6-12H,1-5H3;2H2,1H3;2*1-2H3. The lowest BCUT2D eigenvalue weighted by molar-refractivity contribution is -0.130. The summed E-state index contributed by atoms with van der Waals surface area (Å²) < 4.78 is 38.4. The molecule has 4 aromatic rings. The van der Waals surface area contributed by atoms with Crippen LogP contribution in [-0.4, -0.2) is 6.18 Å². The lowest BCUT2D eigenvalue weighted by Crippen LogP contribution is -2.02. The Kier molecular flexibility index (Phi) is 21.4. The van der Waals surface area contributed by atoms with Crippen molar-refractivity contribution < 1.29 is 17.9 Å². The van der Waals surface area contributed by atoms with E-state index in [9.17, 15) is 13.2 Å². The Bertz CT molecular complexity index is 1540. The van der Waals surface area contributed by atoms with Crippen LogP contribution >= 0.6 is 0 Å². The molecule has 0 fully saturated rings. The topological polar surface area (TPSA) is 9.23 Å². The van der Waals surface area contributed by atoms with Crippen LogP contribution in [0, 0.1) is 34.6 Å². The van der Waals surface area contributed by atoms with Crippen molar-refractivity contribution in [3.05, 3.63) is 128 Å². The van der Waals surface area contributed by atoms with Crippen LogP contribution in [0.4, 0.5) is 13.2 Å². The summed E-state index contributed by atoms with van der Waals surface area (Å²) in [5.74, 6) is 3.63. The molecule has 278 valence electrons. The fourth-order valence-electron chi connectivity index (χ4n) is 4.80. The van der Waals surface area contributed by atoms with Gasteiger partial charge in [0.15, 0.2) is 0 Å². The van der Waals surface area contributed by atoms with E-state index in [1.165, 1.54) is 50.1 Å². The van der Waals surface area contributed by atoms with E-state index in [4.69, 9.17) is 4.74 Å². The molecule has 0 aliphatic heterocycles. The Morgan fingerprint density at radius 3 is 1.40 bits per heavy atom. The zero-order chi connectivity index (χ0) is 38.8. The van der Waals surface area contributed by atoms with Gasteiger partial charge in [-0.15, -0.1) is 0 Å². The quantitative estimate of drug-likeness (QED) is 0.187. The molecule has 0 amide bonds. The maximum Gasteiger partial charge on any atom is 0.388 e. The van der Waals surface area contributed by atoms with Crippen LogP contribution in [0.1, 0.15) is 156 Å². The van der Waals surface area contributed by atoms with Crippen molar-refractivity contribution in [2.45, 2.75) is 148 Å². The third-order valence-corrected chi connectivity index (χ3v) is 8.28. The average molecular weight is 693 g/mol. The second-order valence-corrected chi connectivity index (χ2v) is 13.4. The minimum Gasteiger partial charge on any atom is -0.457 e. The zero-order valence-electron chi connectivity index (χ0n) is 34.1. The van der Waals surface area contributed by atoms with Gasteiger partial charge < -0.3 is 4.74 Å². The fraction of sp³-hybridized carbons (Fsp3) is 0.478. The van der Waals surface area contributed by atoms with Crippen LogP contribution in [0.5, 0.6) is 11.5 Å². The van der Waals surface area contributed by atoms with Crippen LogP contribution < -0.4 is 4.74 Å². The van der Waals surface area contributed by atoms with E-state index in [-0.39, 0.29) is 0 Å². The molecular weight excluding hydrogens is 625 g/mol. The molecule has 0 unspecified atom stereocenters. The van der Waals surface area contributed by atoms with E-state index in [2.05, 4.69) is 149 Å². The summed E-state index contributed by atoms with van der Waals surface area (Å²) in [5, 5.41) is 0. The Morgan fingerprint density at radius 2 is 0.940 bits per heavy atom. The maximum absolute atomic E-state index is 10.8. The maximum atomic E-state index is 10.8. The van der Waals surface area contributed by atoms with Crippen LogP contribution in [0.2, 0.25) is 0 Å². The second-order valence-electron chi connectivity index (χ2n) is 13.4. The first-order valence-corrected chi connectivity index (χ1v) is 18.5. The Labute approximate surface area is 304 Å². The lowest BCUT2D eigenvalue weighted by Gasteiger charge is -2.14. The predicted octanol–water partition coefficient (Wildman–Crippen LogP) is 15.7. The summed E-state index contributed by atoms with van der Waals surface area (Å²) >= 11 is 0. The van der Waals surface area contributed by atoms with Gasteiger partial charge in [-0.3, -0.25) is 0 Å². The van der Waals surface area contributed by atoms with E-state index in [1.54, 1.807) is 0 Å². The van der Waals surface area contributed by atoms with Gasteiger partial charge in [0.2, 0.25) is 0 Å². The molecule has 0 aliphatic rings. The summed E-state index contributed by atoms with van der Waals surface area (Å²) in [7, 11) is 0. The van der Waals surface area contributed by atoms with E-state index in [0.29, 0.717) is 17.8 Å². The Morgan fingerprint density at radius 1 is 0.500 bits per heavy atom. The molecule has 1 nitrogen and oxygen atoms in total. The van der Waals surface area contributed by atoms with Gasteiger partial charge >= 0.3 is 6.18 Å². The molecule has 4 heteroatoms. The molecule has 0 heterocycles. The van der Waals surface area contributed by atoms with Gasteiger partial charge in [0.25, 0.3) is 0 Å². The van der Waals surface area contributed by atoms with E-state index in [0.717, 1.165) is 30.4 Å². The summed E-state index contributed by atoms with van der Waals surface area (Å²) in [6.45, 7) is 33.3. The highest BCUT2D eigenvalue weighted by molar-refractivity contribution is 5.44. The van der Waals surface area contributed by atoms with Crippen LogP contribution in [0.3, 0.4) is 0 Å². The van der Waals surface area contributed by atoms with Gasteiger partial charge in [0.05, 0.1) is 0 Å². The first kappa shape index (κ1) is 46.5. The molecule has 0 bridgehead atoms. The van der Waals surface area contributed by atoms with Gasteiger partial charge in [-0.1, -0.05) is 137 Å². The predicted molar refractivity (Wildman–Crippen MR) is 214 cm³/mol. The third kappa shape index (κ3) is 16.5. The van der Waals surface area contributed by atoms with Crippen molar-refractivity contribution in [3.63, 3.8) is 0 Å². The summed E-state index contributed by atoms with van der Waals surface area (Å²) in [4.78, 5) is 0. The van der Waals surface area contributed by atoms with E-state index >= 15 is 0 Å². The molecule has 0 radical (unpaired) electrons. The molecule has 4 rings (SSSR count). The first-order valence-electron chi connectivity index (χ1n) is 18.5. The number of ether oxygens (including phenoxy) is 1. The Hall–Kier alpha value is -3.53. The van der Waals surface area contributed by atoms with Gasteiger partial charge in [-0.05, 0) is 127 Å². The minimum atomic E-state index is -3.96. The highest BCUT2D eigenvalue weighted by Crippen LogP contribution is 2.30. The molecule has 0 N–H and O–H groups in total. The number of hydrogen-bond donors (Lipinski definition) is 0. The molecule has 0 spiro atoms. The number of aryl methyl sites for hydroxylation is 5. The van der Waals surface area contributed by atoms with Crippen molar-refractivity contribution in [1.82, 2.24) is 0 Å². The second kappa shape index (κ2) is 23.0. The highest BCUT2D eigenvalue weighted by Gasteiger charge is 2.22. The number of rotatable bonds is 7. The van der Waals surface area contributed by atoms with Crippen LogP contribution in [0.15, 0.2) is 72.8 Å². The Balaban J connectivity index is 0.000000764. The molecule has 0 aliphatic carbocycles. The van der Waals surface area contributed by atoms with Crippen molar-refractivity contribution >= 4 is 0 Å².